The molecule has 0 spiro atoms. The molecule has 2 aliphatic carbocycles. The van der Waals surface area contributed by atoms with E-state index in [0.717, 1.165) is 0 Å². The van der Waals surface area contributed by atoms with E-state index < -0.39 is 63.7 Å². The lowest BCUT2D eigenvalue weighted by Crippen LogP contribution is -2.43. The minimum atomic E-state index is -4.53. The van der Waals surface area contributed by atoms with E-state index >= 15 is 0 Å². The van der Waals surface area contributed by atoms with Gasteiger partial charge in [0.15, 0.2) is 5.75 Å². The Balaban J connectivity index is 1.80. The van der Waals surface area contributed by atoms with Gasteiger partial charge in [-0.3, -0.25) is 18.9 Å². The van der Waals surface area contributed by atoms with Crippen molar-refractivity contribution in [3.63, 3.8) is 0 Å². The van der Waals surface area contributed by atoms with Gasteiger partial charge >= 0.3 is 17.9 Å². The molecular weight excluding hydrogens is 308 g/mol. The third-order valence-electron chi connectivity index (χ3n) is 4.40. The summed E-state index contributed by atoms with van der Waals surface area (Å²) in [5.41, 5.74) is 0. The average molecular weight is 320 g/mol. The molecule has 0 amide bonds. The summed E-state index contributed by atoms with van der Waals surface area (Å²) < 4.78 is 39.9. The summed E-state index contributed by atoms with van der Waals surface area (Å²) in [6, 6.07) is 0. The van der Waals surface area contributed by atoms with E-state index in [-0.39, 0.29) is 5.92 Å². The molecule has 5 unspecified atom stereocenters. The van der Waals surface area contributed by atoms with E-state index in [1.54, 1.807) is 0 Å². The van der Waals surface area contributed by atoms with Crippen molar-refractivity contribution in [3.8, 4) is 0 Å². The van der Waals surface area contributed by atoms with E-state index in [4.69, 9.17) is 14.0 Å². The van der Waals surface area contributed by atoms with Gasteiger partial charge in [-0.1, -0.05) is 0 Å². The van der Waals surface area contributed by atoms with Crippen molar-refractivity contribution in [1.82, 2.24) is 0 Å². The number of ether oxygens (including phenoxy) is 2. The number of carboxylic acid groups (broad SMARTS) is 1. The number of fused-ring (bicyclic) bond motifs is 1. The molecule has 21 heavy (non-hydrogen) atoms. The van der Waals surface area contributed by atoms with Crippen molar-refractivity contribution in [2.45, 2.75) is 18.6 Å². The van der Waals surface area contributed by atoms with Crippen LogP contribution in [0.15, 0.2) is 0 Å². The summed E-state index contributed by atoms with van der Waals surface area (Å²) in [4.78, 5) is 34.5. The van der Waals surface area contributed by atoms with Crippen LogP contribution >= 0.6 is 0 Å². The van der Waals surface area contributed by atoms with Crippen molar-refractivity contribution in [2.75, 3.05) is 5.75 Å². The standard InChI is InChI=1S/C11H12O9S/c12-5(2-21(16,17)18)19-8-3-1-4-7(6(3)10(13)14)11(15)20-9(4)8/h3-4,6-9H,1-2H2,(H,13,14)(H,16,17,18)/t3-,4?,6?,7?,8?,9?/m0/s1. The quantitative estimate of drug-likeness (QED) is 0.475. The summed E-state index contributed by atoms with van der Waals surface area (Å²) in [7, 11) is -4.53. The van der Waals surface area contributed by atoms with E-state index in [2.05, 4.69) is 0 Å². The monoisotopic (exact) mass is 320 g/mol. The Morgan fingerprint density at radius 2 is 2.00 bits per heavy atom. The van der Waals surface area contributed by atoms with Crippen LogP contribution in [0, 0.1) is 23.7 Å². The molecular formula is C11H12O9S. The third kappa shape index (κ3) is 2.18. The number of carbonyl (C=O) groups excluding carboxylic acids is 2. The smallest absolute Gasteiger partial charge is 0.324 e. The Morgan fingerprint density at radius 1 is 1.33 bits per heavy atom. The Kier molecular flexibility index (Phi) is 2.99. The normalized spacial score (nSPS) is 40.1. The summed E-state index contributed by atoms with van der Waals surface area (Å²) in [5, 5.41) is 9.23. The summed E-state index contributed by atoms with van der Waals surface area (Å²) in [6.07, 6.45) is -1.33. The fourth-order valence-corrected chi connectivity index (χ4v) is 4.18. The molecule has 3 rings (SSSR count). The topological polar surface area (TPSA) is 144 Å². The Morgan fingerprint density at radius 3 is 2.57 bits per heavy atom. The predicted octanol–water partition coefficient (Wildman–Crippen LogP) is -1.32. The van der Waals surface area contributed by atoms with Gasteiger partial charge in [0.25, 0.3) is 10.1 Å². The molecule has 1 aliphatic heterocycles. The highest BCUT2D eigenvalue weighted by Gasteiger charge is 2.69. The maximum atomic E-state index is 11.7. The fraction of sp³-hybridized carbons (Fsp3) is 0.727. The van der Waals surface area contributed by atoms with Gasteiger partial charge in [0.1, 0.15) is 12.2 Å². The molecule has 10 heteroatoms. The molecule has 0 aromatic heterocycles. The maximum absolute atomic E-state index is 11.7. The Hall–Kier alpha value is -1.68. The summed E-state index contributed by atoms with van der Waals surface area (Å²) in [6.45, 7) is 0. The van der Waals surface area contributed by atoms with Gasteiger partial charge in [-0.25, -0.2) is 0 Å². The molecule has 9 nitrogen and oxygen atoms in total. The molecule has 1 saturated heterocycles. The van der Waals surface area contributed by atoms with Crippen molar-refractivity contribution in [2.24, 2.45) is 23.7 Å². The van der Waals surface area contributed by atoms with Crippen molar-refractivity contribution in [3.05, 3.63) is 0 Å². The number of hydrogen-bond donors (Lipinski definition) is 2. The molecule has 6 atom stereocenters. The first-order valence-corrected chi connectivity index (χ1v) is 7.88. The van der Waals surface area contributed by atoms with Gasteiger partial charge in [-0.05, 0) is 6.42 Å². The van der Waals surface area contributed by atoms with Crippen LogP contribution in [0.25, 0.3) is 0 Å². The van der Waals surface area contributed by atoms with Crippen molar-refractivity contribution < 1.29 is 41.9 Å². The molecule has 0 radical (unpaired) electrons. The number of rotatable bonds is 4. The number of carbonyl (C=O) groups is 3. The largest absolute Gasteiger partial charge is 0.481 e. The van der Waals surface area contributed by atoms with E-state index in [0.29, 0.717) is 6.42 Å². The fourth-order valence-electron chi connectivity index (χ4n) is 3.82. The minimum Gasteiger partial charge on any atom is -0.481 e. The zero-order valence-corrected chi connectivity index (χ0v) is 11.4. The van der Waals surface area contributed by atoms with Crippen LogP contribution in [-0.2, 0) is 34.0 Å². The van der Waals surface area contributed by atoms with Crippen LogP contribution in [0.5, 0.6) is 0 Å². The average Bonchev–Trinajstić information content (AvgIpc) is 2.89. The van der Waals surface area contributed by atoms with E-state index in [1.807, 2.05) is 0 Å². The van der Waals surface area contributed by atoms with E-state index in [1.165, 1.54) is 0 Å². The number of carboxylic acids is 1. The third-order valence-corrected chi connectivity index (χ3v) is 5.00. The highest BCUT2D eigenvalue weighted by atomic mass is 32.2. The first kappa shape index (κ1) is 14.3. The Labute approximate surface area is 119 Å². The highest BCUT2D eigenvalue weighted by molar-refractivity contribution is 7.86. The molecule has 1 heterocycles. The van der Waals surface area contributed by atoms with Gasteiger partial charge < -0.3 is 14.6 Å². The van der Waals surface area contributed by atoms with Gasteiger partial charge in [0.2, 0.25) is 0 Å². The maximum Gasteiger partial charge on any atom is 0.324 e. The molecule has 2 N–H and O–H groups in total. The molecule has 0 aromatic carbocycles. The Bertz CT molecular complexity index is 624. The first-order valence-electron chi connectivity index (χ1n) is 6.27. The van der Waals surface area contributed by atoms with Crippen LogP contribution in [-0.4, -0.2) is 53.9 Å². The van der Waals surface area contributed by atoms with Crippen molar-refractivity contribution >= 4 is 28.0 Å². The summed E-state index contributed by atoms with van der Waals surface area (Å²) >= 11 is 0. The van der Waals surface area contributed by atoms with Crippen LogP contribution in [0.3, 0.4) is 0 Å². The zero-order valence-electron chi connectivity index (χ0n) is 10.5. The molecule has 2 bridgehead atoms. The van der Waals surface area contributed by atoms with E-state index in [9.17, 15) is 27.9 Å². The lowest BCUT2D eigenvalue weighted by atomic mass is 9.78. The zero-order chi connectivity index (χ0) is 15.5. The number of esters is 2. The minimum absolute atomic E-state index is 0.327. The molecule has 3 fully saturated rings. The summed E-state index contributed by atoms with van der Waals surface area (Å²) in [5.74, 6) is -6.83. The lowest BCUT2D eigenvalue weighted by Gasteiger charge is -2.28. The van der Waals surface area contributed by atoms with Crippen LogP contribution in [0.1, 0.15) is 6.42 Å². The molecule has 3 aliphatic rings. The van der Waals surface area contributed by atoms with Crippen LogP contribution < -0.4 is 0 Å². The second-order valence-corrected chi connectivity index (χ2v) is 6.99. The van der Waals surface area contributed by atoms with Crippen LogP contribution in [0.2, 0.25) is 0 Å². The number of hydrogen-bond acceptors (Lipinski definition) is 7. The first-order chi connectivity index (χ1) is 9.69. The van der Waals surface area contributed by atoms with Gasteiger partial charge in [0.05, 0.1) is 11.8 Å². The predicted molar refractivity (Wildman–Crippen MR) is 62.4 cm³/mol. The van der Waals surface area contributed by atoms with Gasteiger partial charge in [0, 0.05) is 11.8 Å². The molecule has 2 saturated carbocycles. The molecule has 0 aromatic rings. The van der Waals surface area contributed by atoms with Crippen molar-refractivity contribution in [1.29, 1.82) is 0 Å². The second kappa shape index (κ2) is 4.41. The second-order valence-electron chi connectivity index (χ2n) is 5.54. The lowest BCUT2D eigenvalue weighted by molar-refractivity contribution is -0.162. The number of aliphatic carboxylic acids is 1. The highest BCUT2D eigenvalue weighted by Crippen LogP contribution is 2.58. The van der Waals surface area contributed by atoms with Gasteiger partial charge in [-0.2, -0.15) is 8.42 Å². The van der Waals surface area contributed by atoms with Crippen LogP contribution in [0.4, 0.5) is 0 Å². The molecule has 116 valence electrons. The van der Waals surface area contributed by atoms with Gasteiger partial charge in [-0.15, -0.1) is 0 Å². The SMILES string of the molecule is O=C(CS(=O)(=O)O)OC1C2OC(=O)C3C2C[C@H]1C3C(=O)O.